The third-order valence-corrected chi connectivity index (χ3v) is 2.97. The van der Waals surface area contributed by atoms with Crippen LogP contribution in [0, 0.1) is 5.41 Å². The minimum absolute atomic E-state index is 0.0687. The van der Waals surface area contributed by atoms with Crippen LogP contribution in [0.2, 0.25) is 0 Å². The summed E-state index contributed by atoms with van der Waals surface area (Å²) < 4.78 is 11.4. The van der Waals surface area contributed by atoms with E-state index >= 15 is 0 Å². The van der Waals surface area contributed by atoms with E-state index < -0.39 is 11.9 Å². The fourth-order valence-electron chi connectivity index (χ4n) is 1.63. The molecule has 0 aliphatic heterocycles. The van der Waals surface area contributed by atoms with Crippen molar-refractivity contribution in [2.24, 2.45) is 5.41 Å². The number of hydrogen-bond donors (Lipinski definition) is 2. The molecule has 0 rings (SSSR count). The smallest absolute Gasteiger partial charge is 0.327 e. The molecule has 23 heavy (non-hydrogen) atoms. The minimum atomic E-state index is -0.961. The van der Waals surface area contributed by atoms with E-state index in [4.69, 9.17) is 19.7 Å². The lowest BCUT2D eigenvalue weighted by Gasteiger charge is -2.27. The molecule has 0 radical (unpaired) electrons. The zero-order chi connectivity index (χ0) is 17.9. The summed E-state index contributed by atoms with van der Waals surface area (Å²) in [7, 11) is 0. The predicted molar refractivity (Wildman–Crippen MR) is 87.4 cm³/mol. The van der Waals surface area contributed by atoms with Gasteiger partial charge in [0, 0.05) is 17.6 Å². The van der Waals surface area contributed by atoms with Gasteiger partial charge in [-0.15, -0.1) is 0 Å². The molecule has 6 nitrogen and oxygen atoms in total. The van der Waals surface area contributed by atoms with Gasteiger partial charge in [0.15, 0.2) is 0 Å². The molecule has 0 aromatic rings. The summed E-state index contributed by atoms with van der Waals surface area (Å²) in [5.41, 5.74) is -0.185. The van der Waals surface area contributed by atoms with Crippen LogP contribution in [0.25, 0.3) is 0 Å². The van der Waals surface area contributed by atoms with E-state index in [2.05, 4.69) is 0 Å². The Morgan fingerprint density at radius 3 is 1.57 bits per heavy atom. The topological polar surface area (TPSA) is 93.1 Å². The molecule has 0 amide bonds. The van der Waals surface area contributed by atoms with Gasteiger partial charge in [0.1, 0.15) is 0 Å². The van der Waals surface area contributed by atoms with E-state index in [0.29, 0.717) is 26.1 Å². The summed E-state index contributed by atoms with van der Waals surface area (Å²) in [6, 6.07) is 0. The number of carboxylic acids is 2. The van der Waals surface area contributed by atoms with Gasteiger partial charge in [-0.25, -0.2) is 9.59 Å². The number of carboxylic acid groups (broad SMARTS) is 2. The fraction of sp³-hybridized carbons (Fsp3) is 0.647. The molecular weight excluding hydrogens is 300 g/mol. The lowest BCUT2D eigenvalue weighted by atomic mass is 9.96. The second kappa shape index (κ2) is 11.0. The molecule has 0 aliphatic rings. The van der Waals surface area contributed by atoms with Crippen molar-refractivity contribution >= 4 is 11.9 Å². The van der Waals surface area contributed by atoms with Gasteiger partial charge in [0.2, 0.25) is 0 Å². The van der Waals surface area contributed by atoms with Crippen LogP contribution >= 0.6 is 0 Å². The molecule has 0 aliphatic carbocycles. The predicted octanol–water partition coefficient (Wildman–Crippen LogP) is 2.88. The van der Waals surface area contributed by atoms with E-state index in [1.165, 1.54) is 0 Å². The molecule has 0 aromatic heterocycles. The van der Waals surface area contributed by atoms with Crippen LogP contribution in [0.15, 0.2) is 24.3 Å². The summed E-state index contributed by atoms with van der Waals surface area (Å²) in [5, 5.41) is 17.0. The van der Waals surface area contributed by atoms with E-state index in [-0.39, 0.29) is 17.6 Å². The second-order valence-electron chi connectivity index (χ2n) is 6.36. The highest BCUT2D eigenvalue weighted by Crippen LogP contribution is 2.19. The zero-order valence-corrected chi connectivity index (χ0v) is 14.3. The van der Waals surface area contributed by atoms with Crippen molar-refractivity contribution in [2.75, 3.05) is 13.2 Å². The number of hydrogen-bond acceptors (Lipinski definition) is 4. The van der Waals surface area contributed by atoms with Crippen LogP contribution in [-0.4, -0.2) is 47.6 Å². The third kappa shape index (κ3) is 13.7. The SMILES string of the molecule is CC(CC=CC(=O)O)OCC(C)(C)COC(C)CC=CC(=O)O. The van der Waals surface area contributed by atoms with Crippen molar-refractivity contribution in [1.29, 1.82) is 0 Å². The molecular formula is C17H28O6. The highest BCUT2D eigenvalue weighted by molar-refractivity contribution is 5.79. The van der Waals surface area contributed by atoms with Gasteiger partial charge in [-0.3, -0.25) is 0 Å². The van der Waals surface area contributed by atoms with Gasteiger partial charge >= 0.3 is 11.9 Å². The maximum Gasteiger partial charge on any atom is 0.327 e. The Labute approximate surface area is 137 Å². The van der Waals surface area contributed by atoms with Crippen molar-refractivity contribution in [3.63, 3.8) is 0 Å². The van der Waals surface area contributed by atoms with Crippen LogP contribution in [0.1, 0.15) is 40.5 Å². The summed E-state index contributed by atoms with van der Waals surface area (Å²) in [4.78, 5) is 20.8. The second-order valence-corrected chi connectivity index (χ2v) is 6.36. The maximum absolute atomic E-state index is 10.4. The Bertz CT molecular complexity index is 387. The fourth-order valence-corrected chi connectivity index (χ4v) is 1.63. The lowest BCUT2D eigenvalue weighted by molar-refractivity contribution is -0.132. The first-order chi connectivity index (χ1) is 10.6. The number of rotatable bonds is 12. The van der Waals surface area contributed by atoms with Gasteiger partial charge in [-0.05, 0) is 26.7 Å². The molecule has 0 bridgehead atoms. The first-order valence-corrected chi connectivity index (χ1v) is 7.64. The summed E-state index contributed by atoms with van der Waals surface area (Å²) >= 11 is 0. The zero-order valence-electron chi connectivity index (χ0n) is 14.3. The molecule has 0 spiro atoms. The van der Waals surface area contributed by atoms with Crippen molar-refractivity contribution in [3.05, 3.63) is 24.3 Å². The summed E-state index contributed by atoms with van der Waals surface area (Å²) in [6.45, 7) is 8.81. The Balaban J connectivity index is 4.03. The number of ether oxygens (including phenoxy) is 2. The summed E-state index contributed by atoms with van der Waals surface area (Å²) in [6.07, 6.45) is 6.32. The molecule has 2 N–H and O–H groups in total. The molecule has 0 heterocycles. The molecule has 2 unspecified atom stereocenters. The first-order valence-electron chi connectivity index (χ1n) is 7.64. The molecule has 6 heteroatoms. The van der Waals surface area contributed by atoms with Gasteiger partial charge in [-0.2, -0.15) is 0 Å². The average molecular weight is 328 g/mol. The lowest BCUT2D eigenvalue weighted by Crippen LogP contribution is -2.29. The maximum atomic E-state index is 10.4. The van der Waals surface area contributed by atoms with Crippen LogP contribution in [-0.2, 0) is 19.1 Å². The molecule has 0 aromatic carbocycles. The number of carbonyl (C=O) groups is 2. The van der Waals surface area contributed by atoms with Gasteiger partial charge in [0.25, 0.3) is 0 Å². The Morgan fingerprint density at radius 2 is 1.26 bits per heavy atom. The van der Waals surface area contributed by atoms with Crippen LogP contribution < -0.4 is 0 Å². The van der Waals surface area contributed by atoms with Gasteiger partial charge in [0.05, 0.1) is 25.4 Å². The van der Waals surface area contributed by atoms with Crippen molar-refractivity contribution in [3.8, 4) is 0 Å². The van der Waals surface area contributed by atoms with Gasteiger partial charge < -0.3 is 19.7 Å². The highest BCUT2D eigenvalue weighted by Gasteiger charge is 2.21. The standard InChI is InChI=1S/C17H28O6/c1-13(7-5-9-15(18)19)22-11-17(3,4)12-23-14(2)8-6-10-16(20)21/h5-6,9-10,13-14H,7-8,11-12H2,1-4H3,(H,18,19)(H,20,21). The molecule has 0 fully saturated rings. The molecule has 132 valence electrons. The number of aliphatic carboxylic acids is 2. The Kier molecular flexibility index (Phi) is 10.2. The van der Waals surface area contributed by atoms with E-state index in [1.807, 2.05) is 27.7 Å². The summed E-state index contributed by atoms with van der Waals surface area (Å²) in [5.74, 6) is -1.92. The van der Waals surface area contributed by atoms with Crippen LogP contribution in [0.5, 0.6) is 0 Å². The molecule has 0 saturated carbocycles. The normalized spacial score (nSPS) is 15.1. The van der Waals surface area contributed by atoms with Gasteiger partial charge in [-0.1, -0.05) is 26.0 Å². The largest absolute Gasteiger partial charge is 0.478 e. The molecule has 2 atom stereocenters. The van der Waals surface area contributed by atoms with E-state index in [1.54, 1.807) is 12.2 Å². The molecule has 0 saturated heterocycles. The minimum Gasteiger partial charge on any atom is -0.478 e. The van der Waals surface area contributed by atoms with Crippen molar-refractivity contribution in [2.45, 2.75) is 52.7 Å². The van der Waals surface area contributed by atoms with Crippen LogP contribution in [0.3, 0.4) is 0 Å². The monoisotopic (exact) mass is 328 g/mol. The highest BCUT2D eigenvalue weighted by atomic mass is 16.5. The third-order valence-electron chi connectivity index (χ3n) is 2.97. The van der Waals surface area contributed by atoms with E-state index in [9.17, 15) is 9.59 Å². The van der Waals surface area contributed by atoms with Crippen molar-refractivity contribution in [1.82, 2.24) is 0 Å². The Hall–Kier alpha value is -1.66. The Morgan fingerprint density at radius 1 is 0.913 bits per heavy atom. The average Bonchev–Trinajstić information content (AvgIpc) is 2.42. The first kappa shape index (κ1) is 21.3. The van der Waals surface area contributed by atoms with Crippen LogP contribution in [0.4, 0.5) is 0 Å². The quantitative estimate of drug-likeness (QED) is 0.535. The van der Waals surface area contributed by atoms with E-state index in [0.717, 1.165) is 12.2 Å². The van der Waals surface area contributed by atoms with Crippen molar-refractivity contribution < 1.29 is 29.3 Å².